The predicted molar refractivity (Wildman–Crippen MR) is 103 cm³/mol. The molecular formula is C21H18N4O2. The van der Waals surface area contributed by atoms with Crippen LogP contribution in [0.25, 0.3) is 0 Å². The zero-order valence-electron chi connectivity index (χ0n) is 14.6. The number of nitrogens with one attached hydrogen (secondary N) is 1. The number of aromatic nitrogens is 2. The Morgan fingerprint density at radius 2 is 1.81 bits per heavy atom. The molecule has 1 aliphatic heterocycles. The summed E-state index contributed by atoms with van der Waals surface area (Å²) in [6, 6.07) is 18.7. The number of nitrogens with zero attached hydrogens (tertiary/aromatic N) is 3. The summed E-state index contributed by atoms with van der Waals surface area (Å²) in [7, 11) is 0. The Balaban J connectivity index is 1.51. The minimum atomic E-state index is -0.338. The van der Waals surface area contributed by atoms with E-state index in [0.717, 1.165) is 11.3 Å². The number of hydrogen-bond acceptors (Lipinski definition) is 4. The average Bonchev–Trinajstić information content (AvgIpc) is 3.11. The van der Waals surface area contributed by atoms with Gasteiger partial charge in [-0.1, -0.05) is 36.4 Å². The van der Waals surface area contributed by atoms with Gasteiger partial charge in [0.25, 0.3) is 5.91 Å². The van der Waals surface area contributed by atoms with E-state index in [0.29, 0.717) is 24.5 Å². The van der Waals surface area contributed by atoms with Gasteiger partial charge in [-0.05, 0) is 23.8 Å². The van der Waals surface area contributed by atoms with Crippen molar-refractivity contribution in [2.45, 2.75) is 12.3 Å². The van der Waals surface area contributed by atoms with Crippen molar-refractivity contribution in [2.75, 3.05) is 16.8 Å². The van der Waals surface area contributed by atoms with Crippen molar-refractivity contribution in [1.29, 1.82) is 0 Å². The number of anilines is 2. The van der Waals surface area contributed by atoms with Crippen LogP contribution in [-0.4, -0.2) is 28.3 Å². The van der Waals surface area contributed by atoms with E-state index in [1.165, 1.54) is 0 Å². The van der Waals surface area contributed by atoms with Crippen LogP contribution in [0.3, 0.4) is 0 Å². The largest absolute Gasteiger partial charge is 0.312 e. The molecule has 6 heteroatoms. The zero-order chi connectivity index (χ0) is 18.6. The molecule has 4 rings (SSSR count). The minimum absolute atomic E-state index is 0.0667. The van der Waals surface area contributed by atoms with Crippen LogP contribution < -0.4 is 10.2 Å². The number of benzene rings is 1. The lowest BCUT2D eigenvalue weighted by molar-refractivity contribution is -0.117. The molecule has 6 nitrogen and oxygen atoms in total. The smallest absolute Gasteiger partial charge is 0.275 e. The Hall–Kier alpha value is -3.54. The first kappa shape index (κ1) is 16.9. The number of amides is 2. The molecule has 0 aliphatic carbocycles. The van der Waals surface area contributed by atoms with Crippen LogP contribution >= 0.6 is 0 Å². The van der Waals surface area contributed by atoms with Gasteiger partial charge in [-0.2, -0.15) is 0 Å². The van der Waals surface area contributed by atoms with Gasteiger partial charge in [-0.25, -0.2) is 4.98 Å². The third-order valence-electron chi connectivity index (χ3n) is 4.59. The molecule has 1 atom stereocenters. The van der Waals surface area contributed by atoms with E-state index in [9.17, 15) is 9.59 Å². The fourth-order valence-corrected chi connectivity index (χ4v) is 3.24. The third kappa shape index (κ3) is 3.69. The predicted octanol–water partition coefficient (Wildman–Crippen LogP) is 3.25. The molecule has 3 aromatic rings. The molecule has 1 fully saturated rings. The standard InChI is InChI=1S/C21H18N4O2/c26-20-12-16(15-6-2-1-3-7-15)14-25(20)17-9-11-23-19(13-17)24-21(27)18-8-4-5-10-22-18/h1-11,13,16H,12,14H2,(H,23,24,27). The highest BCUT2D eigenvalue weighted by Crippen LogP contribution is 2.32. The first-order valence-electron chi connectivity index (χ1n) is 8.74. The van der Waals surface area contributed by atoms with Crippen LogP contribution in [0.5, 0.6) is 0 Å². The van der Waals surface area contributed by atoms with E-state index < -0.39 is 0 Å². The summed E-state index contributed by atoms with van der Waals surface area (Å²) < 4.78 is 0. The molecule has 2 amide bonds. The SMILES string of the molecule is O=C(Nc1cc(N2CC(c3ccccc3)CC2=O)ccn1)c1ccccn1. The van der Waals surface area contributed by atoms with Gasteiger partial charge in [0, 0.05) is 43.0 Å². The third-order valence-corrected chi connectivity index (χ3v) is 4.59. The maximum absolute atomic E-state index is 12.5. The molecule has 1 saturated heterocycles. The quantitative estimate of drug-likeness (QED) is 0.777. The lowest BCUT2D eigenvalue weighted by atomic mass is 9.99. The molecule has 0 saturated carbocycles. The molecule has 0 radical (unpaired) electrons. The van der Waals surface area contributed by atoms with E-state index >= 15 is 0 Å². The molecule has 2 aromatic heterocycles. The van der Waals surface area contributed by atoms with Crippen molar-refractivity contribution >= 4 is 23.3 Å². The second kappa shape index (κ2) is 7.37. The highest BCUT2D eigenvalue weighted by atomic mass is 16.2. The van der Waals surface area contributed by atoms with Crippen molar-refractivity contribution in [3.63, 3.8) is 0 Å². The minimum Gasteiger partial charge on any atom is -0.312 e. The van der Waals surface area contributed by atoms with E-state index in [2.05, 4.69) is 15.3 Å². The summed E-state index contributed by atoms with van der Waals surface area (Å²) in [6.07, 6.45) is 3.62. The Bertz CT molecular complexity index is 960. The highest BCUT2D eigenvalue weighted by molar-refractivity contribution is 6.03. The van der Waals surface area contributed by atoms with Crippen LogP contribution in [0, 0.1) is 0 Å². The lowest BCUT2D eigenvalue weighted by Gasteiger charge is -2.17. The Morgan fingerprint density at radius 1 is 1.00 bits per heavy atom. The number of carbonyl (C=O) groups excluding carboxylic acids is 2. The van der Waals surface area contributed by atoms with E-state index in [1.54, 1.807) is 47.6 Å². The molecule has 134 valence electrons. The molecule has 1 N–H and O–H groups in total. The Labute approximate surface area is 156 Å². The second-order valence-electron chi connectivity index (χ2n) is 6.38. The van der Waals surface area contributed by atoms with Crippen LogP contribution in [0.4, 0.5) is 11.5 Å². The van der Waals surface area contributed by atoms with Gasteiger partial charge in [0.2, 0.25) is 5.91 Å². The monoisotopic (exact) mass is 358 g/mol. The molecule has 1 aliphatic rings. The van der Waals surface area contributed by atoms with Crippen LogP contribution in [-0.2, 0) is 4.79 Å². The first-order valence-corrected chi connectivity index (χ1v) is 8.74. The van der Waals surface area contributed by atoms with Gasteiger partial charge in [0.1, 0.15) is 11.5 Å². The zero-order valence-corrected chi connectivity index (χ0v) is 14.6. The molecule has 3 heterocycles. The van der Waals surface area contributed by atoms with Gasteiger partial charge in [0.05, 0.1) is 0 Å². The first-order chi connectivity index (χ1) is 13.2. The summed E-state index contributed by atoms with van der Waals surface area (Å²) in [5.41, 5.74) is 2.20. The number of rotatable bonds is 4. The van der Waals surface area contributed by atoms with Gasteiger partial charge in [-0.15, -0.1) is 0 Å². The summed E-state index contributed by atoms with van der Waals surface area (Å²) >= 11 is 0. The Kier molecular flexibility index (Phi) is 4.61. The van der Waals surface area contributed by atoms with E-state index in [-0.39, 0.29) is 17.7 Å². The molecular weight excluding hydrogens is 340 g/mol. The number of carbonyl (C=O) groups is 2. The maximum atomic E-state index is 12.5. The summed E-state index contributed by atoms with van der Waals surface area (Å²) in [6.45, 7) is 0.612. The number of hydrogen-bond donors (Lipinski definition) is 1. The average molecular weight is 358 g/mol. The molecule has 0 spiro atoms. The Morgan fingerprint density at radius 3 is 2.59 bits per heavy atom. The number of pyridine rings is 2. The maximum Gasteiger partial charge on any atom is 0.275 e. The second-order valence-corrected chi connectivity index (χ2v) is 6.38. The summed E-state index contributed by atoms with van der Waals surface area (Å²) in [5.74, 6) is 0.282. The highest BCUT2D eigenvalue weighted by Gasteiger charge is 2.31. The molecule has 0 bridgehead atoms. The van der Waals surface area contributed by atoms with Gasteiger partial charge in [-0.3, -0.25) is 14.6 Å². The van der Waals surface area contributed by atoms with E-state index in [1.807, 2.05) is 30.3 Å². The lowest BCUT2D eigenvalue weighted by Crippen LogP contribution is -2.24. The van der Waals surface area contributed by atoms with Crippen molar-refractivity contribution in [2.24, 2.45) is 0 Å². The fraction of sp³-hybridized carbons (Fsp3) is 0.143. The van der Waals surface area contributed by atoms with Crippen molar-refractivity contribution < 1.29 is 9.59 Å². The molecule has 1 unspecified atom stereocenters. The van der Waals surface area contributed by atoms with Crippen LogP contribution in [0.15, 0.2) is 73.1 Å². The summed E-state index contributed by atoms with van der Waals surface area (Å²) in [4.78, 5) is 34.7. The van der Waals surface area contributed by atoms with Crippen LogP contribution in [0.1, 0.15) is 28.4 Å². The van der Waals surface area contributed by atoms with Crippen molar-refractivity contribution in [1.82, 2.24) is 9.97 Å². The fourth-order valence-electron chi connectivity index (χ4n) is 3.24. The van der Waals surface area contributed by atoms with Crippen molar-refractivity contribution in [3.05, 3.63) is 84.3 Å². The van der Waals surface area contributed by atoms with Crippen molar-refractivity contribution in [3.8, 4) is 0 Å². The topological polar surface area (TPSA) is 75.2 Å². The van der Waals surface area contributed by atoms with Gasteiger partial charge < -0.3 is 10.2 Å². The summed E-state index contributed by atoms with van der Waals surface area (Å²) in [5, 5.41) is 2.73. The normalized spacial score (nSPS) is 16.4. The van der Waals surface area contributed by atoms with E-state index in [4.69, 9.17) is 0 Å². The van der Waals surface area contributed by atoms with Crippen LogP contribution in [0.2, 0.25) is 0 Å². The van der Waals surface area contributed by atoms with Gasteiger partial charge in [0.15, 0.2) is 0 Å². The van der Waals surface area contributed by atoms with Gasteiger partial charge >= 0.3 is 0 Å². The molecule has 27 heavy (non-hydrogen) atoms. The molecule has 1 aromatic carbocycles.